The van der Waals surface area contributed by atoms with Crippen molar-refractivity contribution in [2.75, 3.05) is 13.2 Å². The maximum absolute atomic E-state index is 12.8. The van der Waals surface area contributed by atoms with Crippen LogP contribution in [0.1, 0.15) is 136 Å². The van der Waals surface area contributed by atoms with E-state index in [0.717, 1.165) is 77.0 Å². The highest BCUT2D eigenvalue weighted by Gasteiger charge is 2.51. The molecule has 0 heterocycles. The van der Waals surface area contributed by atoms with Crippen molar-refractivity contribution < 1.29 is 63.1 Å². The Bertz CT molecular complexity index is 1370. The van der Waals surface area contributed by atoms with E-state index in [-0.39, 0.29) is 12.8 Å². The third kappa shape index (κ3) is 27.8. The third-order valence-electron chi connectivity index (χ3n) is 9.47. The number of phosphoric ester groups is 1. The first kappa shape index (κ1) is 55.0. The maximum atomic E-state index is 12.8. The topological polar surface area (TPSA) is 210 Å². The molecule has 6 atom stereocenters. The van der Waals surface area contributed by atoms with Crippen LogP contribution in [0.15, 0.2) is 85.1 Å². The fraction of sp³-hybridized carbons (Fsp3) is 0.652. The van der Waals surface area contributed by atoms with Gasteiger partial charge in [-0.2, -0.15) is 0 Å². The molecule has 0 aromatic rings. The molecule has 6 unspecified atom stereocenters. The molecule has 0 saturated heterocycles. The molecule has 0 amide bonds. The summed E-state index contributed by atoms with van der Waals surface area (Å²) in [5, 5.41) is 50.1. The molecule has 1 aliphatic rings. The van der Waals surface area contributed by atoms with Gasteiger partial charge >= 0.3 is 19.8 Å². The van der Waals surface area contributed by atoms with Crippen molar-refractivity contribution in [3.05, 3.63) is 85.1 Å². The van der Waals surface area contributed by atoms with Gasteiger partial charge < -0.3 is 39.9 Å². The van der Waals surface area contributed by atoms with Crippen molar-refractivity contribution in [3.8, 4) is 0 Å². The average molecular weight is 867 g/mol. The number of carbonyl (C=O) groups excluding carboxylic acids is 2. The largest absolute Gasteiger partial charge is 0.472 e. The van der Waals surface area contributed by atoms with Crippen LogP contribution in [0.5, 0.6) is 0 Å². The highest BCUT2D eigenvalue weighted by Crippen LogP contribution is 2.47. The minimum absolute atomic E-state index is 0.0104. The molecule has 60 heavy (non-hydrogen) atoms. The Balaban J connectivity index is 2.55. The molecule has 0 aromatic carbocycles. The van der Waals surface area contributed by atoms with Gasteiger partial charge in [-0.1, -0.05) is 131 Å². The number of ether oxygens (including phenoxy) is 2. The molecule has 1 aliphatic carbocycles. The molecule has 0 radical (unpaired) electrons. The first-order valence-electron chi connectivity index (χ1n) is 21.9. The number of rotatable bonds is 34. The van der Waals surface area contributed by atoms with Gasteiger partial charge in [0, 0.05) is 12.8 Å². The van der Waals surface area contributed by atoms with Crippen LogP contribution in [0.3, 0.4) is 0 Å². The quantitative estimate of drug-likeness (QED) is 0.0157. The lowest BCUT2D eigenvalue weighted by molar-refractivity contribution is -0.220. The summed E-state index contributed by atoms with van der Waals surface area (Å²) in [6.45, 7) is 3.06. The van der Waals surface area contributed by atoms with Gasteiger partial charge in [-0.05, 0) is 77.0 Å². The van der Waals surface area contributed by atoms with E-state index < -0.39 is 75.7 Å². The molecular formula is C46H75O13P. The van der Waals surface area contributed by atoms with Gasteiger partial charge in [0.15, 0.2) is 6.10 Å². The second-order valence-electron chi connectivity index (χ2n) is 14.8. The highest BCUT2D eigenvalue weighted by atomic mass is 31.2. The van der Waals surface area contributed by atoms with E-state index in [1.807, 2.05) is 12.2 Å². The van der Waals surface area contributed by atoms with Crippen LogP contribution in [-0.2, 0) is 32.7 Å². The molecule has 6 N–H and O–H groups in total. The molecule has 0 bridgehead atoms. The van der Waals surface area contributed by atoms with E-state index in [1.54, 1.807) is 0 Å². The number of carbonyl (C=O) groups is 2. The van der Waals surface area contributed by atoms with Crippen molar-refractivity contribution in [1.82, 2.24) is 0 Å². The first-order valence-corrected chi connectivity index (χ1v) is 23.4. The number of hydrogen-bond donors (Lipinski definition) is 6. The lowest BCUT2D eigenvalue weighted by atomic mass is 9.85. The highest BCUT2D eigenvalue weighted by molar-refractivity contribution is 7.47. The van der Waals surface area contributed by atoms with Crippen molar-refractivity contribution in [3.63, 3.8) is 0 Å². The molecule has 342 valence electrons. The Morgan fingerprint density at radius 2 is 0.967 bits per heavy atom. The van der Waals surface area contributed by atoms with E-state index in [9.17, 15) is 44.6 Å². The molecule has 0 spiro atoms. The van der Waals surface area contributed by atoms with Crippen LogP contribution in [-0.4, -0.2) is 98.3 Å². The summed E-state index contributed by atoms with van der Waals surface area (Å²) in [5.74, 6) is -1.19. The van der Waals surface area contributed by atoms with E-state index >= 15 is 0 Å². The minimum Gasteiger partial charge on any atom is -0.462 e. The number of unbranched alkanes of at least 4 members (excludes halogenated alkanes) is 8. The van der Waals surface area contributed by atoms with Crippen molar-refractivity contribution in [1.29, 1.82) is 0 Å². The summed E-state index contributed by atoms with van der Waals surface area (Å²) in [5.41, 5.74) is 0. The fourth-order valence-electron chi connectivity index (χ4n) is 5.93. The van der Waals surface area contributed by atoms with Crippen molar-refractivity contribution in [2.24, 2.45) is 0 Å². The van der Waals surface area contributed by atoms with Crippen molar-refractivity contribution >= 4 is 19.8 Å². The second-order valence-corrected chi connectivity index (χ2v) is 16.2. The molecule has 1 rings (SSSR count). The van der Waals surface area contributed by atoms with E-state index in [1.165, 1.54) is 12.8 Å². The summed E-state index contributed by atoms with van der Waals surface area (Å²) < 4.78 is 33.4. The predicted octanol–water partition coefficient (Wildman–Crippen LogP) is 8.11. The lowest BCUT2D eigenvalue weighted by Crippen LogP contribution is -2.64. The van der Waals surface area contributed by atoms with Crippen LogP contribution in [0.25, 0.3) is 0 Å². The van der Waals surface area contributed by atoms with Gasteiger partial charge in [0.25, 0.3) is 0 Å². The Hall–Kier alpha value is -2.97. The van der Waals surface area contributed by atoms with Crippen LogP contribution >= 0.6 is 7.82 Å². The minimum atomic E-state index is -5.14. The van der Waals surface area contributed by atoms with Gasteiger partial charge in [-0.25, -0.2) is 4.57 Å². The summed E-state index contributed by atoms with van der Waals surface area (Å²) in [4.78, 5) is 35.6. The number of esters is 2. The smallest absolute Gasteiger partial charge is 0.462 e. The molecule has 1 fully saturated rings. The monoisotopic (exact) mass is 866 g/mol. The number of phosphoric acid groups is 1. The lowest BCUT2D eigenvalue weighted by Gasteiger charge is -2.41. The molecule has 1 saturated carbocycles. The standard InChI is InChI=1S/C46H75O13P/c1-3-5-7-9-11-13-15-17-19-20-21-23-25-27-29-31-33-35-40(48)58-38(37-57-60(54,55)59-46-44(52)42(50)41(49)43(51)45(46)53)36-56-39(47)34-32-30-28-26-24-22-18-16-14-12-10-8-6-4-2/h5,7,10-13,16-19,21,23,27,29,38,41-46,49-53H,3-4,6,8-9,14-15,20,22,24-26,28,30-37H2,1-2H3,(H,54,55)/b7-5-,12-10-,13-11-,18-16-,19-17-,23-21-,29-27-. The summed E-state index contributed by atoms with van der Waals surface area (Å²) >= 11 is 0. The Morgan fingerprint density at radius 1 is 0.533 bits per heavy atom. The van der Waals surface area contributed by atoms with E-state index in [4.69, 9.17) is 18.5 Å². The van der Waals surface area contributed by atoms with Gasteiger partial charge in [0.2, 0.25) is 0 Å². The van der Waals surface area contributed by atoms with Gasteiger partial charge in [-0.15, -0.1) is 0 Å². The predicted molar refractivity (Wildman–Crippen MR) is 235 cm³/mol. The summed E-state index contributed by atoms with van der Waals surface area (Å²) in [6, 6.07) is 0. The molecule has 13 nitrogen and oxygen atoms in total. The molecule has 14 heteroatoms. The maximum Gasteiger partial charge on any atom is 0.472 e. The Labute approximate surface area is 358 Å². The zero-order valence-corrected chi connectivity index (χ0v) is 36.9. The Morgan fingerprint density at radius 3 is 1.50 bits per heavy atom. The van der Waals surface area contributed by atoms with E-state index in [0.29, 0.717) is 19.3 Å². The summed E-state index contributed by atoms with van der Waals surface area (Å²) in [7, 11) is -5.14. The SMILES string of the molecule is CC/C=C\C/C=C\C/C=C\C/C=C\C/C=C\CCCC(=O)OC(COC(=O)CCCCCCC/C=C\C/C=C\CCCC)COP(=O)(O)OC1C(O)C(O)C(O)C(O)C1O. The van der Waals surface area contributed by atoms with Crippen LogP contribution in [0.4, 0.5) is 0 Å². The Kier molecular flexibility index (Phi) is 32.7. The van der Waals surface area contributed by atoms with Crippen LogP contribution in [0, 0.1) is 0 Å². The fourth-order valence-corrected chi connectivity index (χ4v) is 6.90. The van der Waals surface area contributed by atoms with Gasteiger partial charge in [0.05, 0.1) is 6.61 Å². The van der Waals surface area contributed by atoms with Crippen LogP contribution < -0.4 is 0 Å². The van der Waals surface area contributed by atoms with E-state index in [2.05, 4.69) is 86.8 Å². The van der Waals surface area contributed by atoms with Crippen LogP contribution in [0.2, 0.25) is 0 Å². The van der Waals surface area contributed by atoms with Crippen molar-refractivity contribution in [2.45, 2.75) is 179 Å². The average Bonchev–Trinajstić information content (AvgIpc) is 3.23. The molecular weight excluding hydrogens is 791 g/mol. The number of allylic oxidation sites excluding steroid dienone is 14. The second kappa shape index (κ2) is 35.6. The normalized spacial score (nSPS) is 23.0. The zero-order valence-electron chi connectivity index (χ0n) is 36.0. The van der Waals surface area contributed by atoms with Gasteiger partial charge in [-0.3, -0.25) is 18.6 Å². The third-order valence-corrected chi connectivity index (χ3v) is 10.5. The zero-order chi connectivity index (χ0) is 44.3. The first-order chi connectivity index (χ1) is 28.9. The number of hydrogen-bond acceptors (Lipinski definition) is 12. The number of aliphatic hydroxyl groups is 5. The summed E-state index contributed by atoms with van der Waals surface area (Å²) in [6.07, 6.45) is 32.2. The molecule has 0 aromatic heterocycles. The number of aliphatic hydroxyl groups excluding tert-OH is 5. The van der Waals surface area contributed by atoms with Gasteiger partial charge in [0.1, 0.15) is 43.2 Å². The molecule has 0 aliphatic heterocycles.